The molecule has 0 radical (unpaired) electrons. The number of rotatable bonds is 4. The predicted octanol–water partition coefficient (Wildman–Crippen LogP) is 2.73. The molecule has 7 heteroatoms. The minimum atomic E-state index is 0.0100. The Morgan fingerprint density at radius 2 is 1.96 bits per heavy atom. The van der Waals surface area contributed by atoms with Crippen LogP contribution in [-0.4, -0.2) is 50.7 Å². The second kappa shape index (κ2) is 8.33. The minimum Gasteiger partial charge on any atom is -0.466 e. The Hall–Kier alpha value is -2.70. The molecular formula is C20H26N4O3. The summed E-state index contributed by atoms with van der Waals surface area (Å²) in [4.78, 5) is 36.9. The summed E-state index contributed by atoms with van der Waals surface area (Å²) in [6.45, 7) is 7.08. The summed E-state index contributed by atoms with van der Waals surface area (Å²) in [6.07, 6.45) is 7.45. The van der Waals surface area contributed by atoms with Crippen molar-refractivity contribution in [3.05, 3.63) is 47.4 Å². The fourth-order valence-electron chi connectivity index (χ4n) is 3.71. The first-order valence-electron chi connectivity index (χ1n) is 9.33. The predicted molar refractivity (Wildman–Crippen MR) is 100.0 cm³/mol. The second-order valence-corrected chi connectivity index (χ2v) is 7.10. The number of nitrogens with zero attached hydrogens (tertiary/aromatic N) is 4. The zero-order chi connectivity index (χ0) is 19.4. The summed E-state index contributed by atoms with van der Waals surface area (Å²) in [5.74, 6) is 1.45. The van der Waals surface area contributed by atoms with Gasteiger partial charge in [0.25, 0.3) is 5.91 Å². The number of likely N-dealkylation sites (tertiary alicyclic amines) is 1. The number of aromatic nitrogens is 2. The van der Waals surface area contributed by atoms with E-state index < -0.39 is 0 Å². The van der Waals surface area contributed by atoms with Gasteiger partial charge in [0, 0.05) is 50.6 Å². The summed E-state index contributed by atoms with van der Waals surface area (Å²) in [7, 11) is 0. The SMILES string of the molecule is CC(=O)N(Cc1cncnc1)[C@H]1CCCN(C(=O)c2cc(C)oc2C)CC1. The Kier molecular flexibility index (Phi) is 5.88. The molecule has 1 aliphatic heterocycles. The normalized spacial score (nSPS) is 17.4. The molecule has 2 aromatic heterocycles. The van der Waals surface area contributed by atoms with Crippen molar-refractivity contribution in [2.75, 3.05) is 13.1 Å². The monoisotopic (exact) mass is 370 g/mol. The zero-order valence-corrected chi connectivity index (χ0v) is 16.1. The molecule has 144 valence electrons. The number of furan rings is 1. The lowest BCUT2D eigenvalue weighted by atomic mass is 10.1. The lowest BCUT2D eigenvalue weighted by Crippen LogP contribution is -2.39. The molecular weight excluding hydrogens is 344 g/mol. The van der Waals surface area contributed by atoms with Crippen molar-refractivity contribution in [2.45, 2.75) is 52.6 Å². The van der Waals surface area contributed by atoms with Crippen LogP contribution in [0.5, 0.6) is 0 Å². The summed E-state index contributed by atoms with van der Waals surface area (Å²) in [5.41, 5.74) is 1.55. The number of carbonyl (C=O) groups excluding carboxylic acids is 2. The molecule has 0 unspecified atom stereocenters. The van der Waals surface area contributed by atoms with Gasteiger partial charge in [-0.3, -0.25) is 9.59 Å². The molecule has 3 rings (SSSR count). The van der Waals surface area contributed by atoms with Crippen LogP contribution in [-0.2, 0) is 11.3 Å². The third-order valence-corrected chi connectivity index (χ3v) is 5.07. The lowest BCUT2D eigenvalue weighted by molar-refractivity contribution is -0.132. The van der Waals surface area contributed by atoms with Gasteiger partial charge in [-0.1, -0.05) is 0 Å². The number of hydrogen-bond donors (Lipinski definition) is 0. The molecule has 0 saturated carbocycles. The Labute approximate surface area is 159 Å². The van der Waals surface area contributed by atoms with Gasteiger partial charge in [-0.25, -0.2) is 9.97 Å². The van der Waals surface area contributed by atoms with Gasteiger partial charge >= 0.3 is 0 Å². The molecule has 2 amide bonds. The molecule has 3 heterocycles. The van der Waals surface area contributed by atoms with Crippen molar-refractivity contribution in [1.82, 2.24) is 19.8 Å². The number of hydrogen-bond acceptors (Lipinski definition) is 5. The first-order chi connectivity index (χ1) is 13.0. The van der Waals surface area contributed by atoms with E-state index in [2.05, 4.69) is 9.97 Å². The first kappa shape index (κ1) is 19.1. The van der Waals surface area contributed by atoms with E-state index in [0.717, 1.165) is 30.6 Å². The Balaban J connectivity index is 1.68. The fourth-order valence-corrected chi connectivity index (χ4v) is 3.71. The fraction of sp³-hybridized carbons (Fsp3) is 0.500. The van der Waals surface area contributed by atoms with Crippen LogP contribution in [0.3, 0.4) is 0 Å². The molecule has 0 aromatic carbocycles. The molecule has 1 aliphatic rings. The highest BCUT2D eigenvalue weighted by Crippen LogP contribution is 2.22. The van der Waals surface area contributed by atoms with E-state index in [1.807, 2.05) is 23.6 Å². The maximum atomic E-state index is 12.9. The van der Waals surface area contributed by atoms with E-state index in [1.165, 1.54) is 6.33 Å². The summed E-state index contributed by atoms with van der Waals surface area (Å²) < 4.78 is 5.50. The molecule has 1 saturated heterocycles. The van der Waals surface area contributed by atoms with Crippen LogP contribution in [0.4, 0.5) is 0 Å². The van der Waals surface area contributed by atoms with Crippen molar-refractivity contribution in [3.8, 4) is 0 Å². The van der Waals surface area contributed by atoms with Crippen molar-refractivity contribution < 1.29 is 14.0 Å². The Morgan fingerprint density at radius 1 is 1.22 bits per heavy atom. The lowest BCUT2D eigenvalue weighted by Gasteiger charge is -2.30. The molecule has 0 N–H and O–H groups in total. The smallest absolute Gasteiger partial charge is 0.257 e. The molecule has 0 aliphatic carbocycles. The molecule has 1 atom stereocenters. The van der Waals surface area contributed by atoms with E-state index in [-0.39, 0.29) is 17.9 Å². The van der Waals surface area contributed by atoms with Gasteiger partial charge in [0.2, 0.25) is 5.91 Å². The Bertz CT molecular complexity index is 803. The van der Waals surface area contributed by atoms with Gasteiger partial charge in [0.15, 0.2) is 0 Å². The van der Waals surface area contributed by atoms with Gasteiger partial charge in [-0.15, -0.1) is 0 Å². The minimum absolute atomic E-state index is 0.0100. The first-order valence-corrected chi connectivity index (χ1v) is 9.33. The summed E-state index contributed by atoms with van der Waals surface area (Å²) >= 11 is 0. The summed E-state index contributed by atoms with van der Waals surface area (Å²) in [5, 5.41) is 0. The van der Waals surface area contributed by atoms with Gasteiger partial charge < -0.3 is 14.2 Å². The average molecular weight is 370 g/mol. The van der Waals surface area contributed by atoms with E-state index in [0.29, 0.717) is 31.0 Å². The highest BCUT2D eigenvalue weighted by molar-refractivity contribution is 5.95. The third kappa shape index (κ3) is 4.53. The molecule has 2 aromatic rings. The number of carbonyl (C=O) groups is 2. The van der Waals surface area contributed by atoms with Crippen LogP contribution in [0.25, 0.3) is 0 Å². The largest absolute Gasteiger partial charge is 0.466 e. The van der Waals surface area contributed by atoms with Crippen LogP contribution < -0.4 is 0 Å². The highest BCUT2D eigenvalue weighted by atomic mass is 16.3. The zero-order valence-electron chi connectivity index (χ0n) is 16.1. The van der Waals surface area contributed by atoms with Gasteiger partial charge in [-0.2, -0.15) is 0 Å². The van der Waals surface area contributed by atoms with Crippen molar-refractivity contribution in [3.63, 3.8) is 0 Å². The van der Waals surface area contributed by atoms with Crippen molar-refractivity contribution in [1.29, 1.82) is 0 Å². The summed E-state index contributed by atoms with van der Waals surface area (Å²) in [6, 6.07) is 1.91. The maximum absolute atomic E-state index is 12.9. The molecule has 0 spiro atoms. The van der Waals surface area contributed by atoms with Gasteiger partial charge in [0.05, 0.1) is 5.56 Å². The van der Waals surface area contributed by atoms with Crippen molar-refractivity contribution >= 4 is 11.8 Å². The second-order valence-electron chi connectivity index (χ2n) is 7.10. The molecule has 1 fully saturated rings. The van der Waals surface area contributed by atoms with Crippen LogP contribution >= 0.6 is 0 Å². The molecule has 7 nitrogen and oxygen atoms in total. The van der Waals surface area contributed by atoms with Crippen LogP contribution in [0.1, 0.15) is 53.6 Å². The molecule has 0 bridgehead atoms. The van der Waals surface area contributed by atoms with Crippen molar-refractivity contribution in [2.24, 2.45) is 0 Å². The van der Waals surface area contributed by atoms with E-state index in [9.17, 15) is 9.59 Å². The van der Waals surface area contributed by atoms with Crippen LogP contribution in [0, 0.1) is 13.8 Å². The average Bonchev–Trinajstić information content (AvgIpc) is 2.84. The van der Waals surface area contributed by atoms with Gasteiger partial charge in [-0.05, 0) is 39.2 Å². The highest BCUT2D eigenvalue weighted by Gasteiger charge is 2.28. The van der Waals surface area contributed by atoms with Crippen LogP contribution in [0.15, 0.2) is 29.2 Å². The Morgan fingerprint density at radius 3 is 2.59 bits per heavy atom. The maximum Gasteiger partial charge on any atom is 0.257 e. The molecule has 27 heavy (non-hydrogen) atoms. The van der Waals surface area contributed by atoms with Crippen LogP contribution in [0.2, 0.25) is 0 Å². The van der Waals surface area contributed by atoms with Gasteiger partial charge in [0.1, 0.15) is 17.8 Å². The topological polar surface area (TPSA) is 79.5 Å². The number of aryl methyl sites for hydroxylation is 2. The number of amides is 2. The van der Waals surface area contributed by atoms with E-state index in [4.69, 9.17) is 4.42 Å². The standard InChI is InChI=1S/C20H26N4O3/c1-14-9-19(15(2)27-14)20(26)23-7-4-5-18(6-8-23)24(16(3)25)12-17-10-21-13-22-11-17/h9-11,13,18H,4-8,12H2,1-3H3/t18-/m0/s1. The van der Waals surface area contributed by atoms with E-state index in [1.54, 1.807) is 25.4 Å². The third-order valence-electron chi connectivity index (χ3n) is 5.07. The quantitative estimate of drug-likeness (QED) is 0.827. The van der Waals surface area contributed by atoms with E-state index >= 15 is 0 Å².